The first-order chi connectivity index (χ1) is 10.5. The van der Waals surface area contributed by atoms with E-state index in [9.17, 15) is 9.59 Å². The summed E-state index contributed by atoms with van der Waals surface area (Å²) >= 11 is 0. The van der Waals surface area contributed by atoms with Crippen molar-refractivity contribution in [2.75, 3.05) is 12.4 Å². The lowest BCUT2D eigenvalue weighted by atomic mass is 10.0. The van der Waals surface area contributed by atoms with Gasteiger partial charge in [0.15, 0.2) is 0 Å². The third-order valence-electron chi connectivity index (χ3n) is 3.62. The number of nitrogens with one attached hydrogen (secondary N) is 2. The Morgan fingerprint density at radius 2 is 1.82 bits per heavy atom. The Kier molecular flexibility index (Phi) is 4.65. The van der Waals surface area contributed by atoms with Gasteiger partial charge >= 0.3 is 5.97 Å². The molecule has 1 atom stereocenters. The van der Waals surface area contributed by atoms with Crippen LogP contribution in [0.25, 0.3) is 0 Å². The summed E-state index contributed by atoms with van der Waals surface area (Å²) in [6.45, 7) is 5.30. The number of Topliss-reactive ketones (excluding diaryl/α,β-unsaturated/α-hetero) is 1. The number of methoxy groups -OCH3 is 1. The number of anilines is 1. The molecule has 0 aliphatic heterocycles. The van der Waals surface area contributed by atoms with Crippen molar-refractivity contribution in [3.05, 3.63) is 52.8 Å². The van der Waals surface area contributed by atoms with Gasteiger partial charge in [-0.05, 0) is 38.5 Å². The van der Waals surface area contributed by atoms with Crippen LogP contribution >= 0.6 is 0 Å². The highest BCUT2D eigenvalue weighted by molar-refractivity contribution is 6.04. The van der Waals surface area contributed by atoms with E-state index in [1.54, 1.807) is 20.8 Å². The van der Waals surface area contributed by atoms with E-state index in [1.165, 1.54) is 7.11 Å². The maximum absolute atomic E-state index is 12.6. The Hall–Kier alpha value is -2.56. The van der Waals surface area contributed by atoms with E-state index in [0.29, 0.717) is 22.5 Å². The van der Waals surface area contributed by atoms with Crippen LogP contribution in [0.3, 0.4) is 0 Å². The molecule has 0 aliphatic rings. The monoisotopic (exact) mass is 300 g/mol. The first-order valence-corrected chi connectivity index (χ1v) is 7.09. The van der Waals surface area contributed by atoms with Crippen LogP contribution in [0.15, 0.2) is 30.3 Å². The van der Waals surface area contributed by atoms with Gasteiger partial charge in [0, 0.05) is 11.4 Å². The molecule has 0 bridgehead atoms. The van der Waals surface area contributed by atoms with Gasteiger partial charge in [0.25, 0.3) is 0 Å². The number of hydrogen-bond acceptors (Lipinski definition) is 4. The molecule has 1 heterocycles. The number of rotatable bonds is 5. The van der Waals surface area contributed by atoms with E-state index in [-0.39, 0.29) is 5.78 Å². The summed E-state index contributed by atoms with van der Waals surface area (Å²) in [5.74, 6) is -0.534. The van der Waals surface area contributed by atoms with Gasteiger partial charge in [-0.2, -0.15) is 0 Å². The van der Waals surface area contributed by atoms with Crippen LogP contribution in [0.4, 0.5) is 5.69 Å². The van der Waals surface area contributed by atoms with Crippen LogP contribution in [-0.2, 0) is 4.74 Å². The first-order valence-electron chi connectivity index (χ1n) is 7.09. The Morgan fingerprint density at radius 3 is 2.41 bits per heavy atom. The number of carbonyl (C=O) groups excluding carboxylic acids is 2. The summed E-state index contributed by atoms with van der Waals surface area (Å²) in [6, 6.07) is 9.11. The number of esters is 1. The summed E-state index contributed by atoms with van der Waals surface area (Å²) in [7, 11) is 1.33. The highest BCUT2D eigenvalue weighted by Crippen LogP contribution is 2.21. The highest BCUT2D eigenvalue weighted by atomic mass is 16.5. The van der Waals surface area contributed by atoms with Crippen molar-refractivity contribution >= 4 is 17.4 Å². The van der Waals surface area contributed by atoms with Crippen LogP contribution in [0, 0.1) is 13.8 Å². The number of aromatic amines is 1. The topological polar surface area (TPSA) is 71.2 Å². The summed E-state index contributed by atoms with van der Waals surface area (Å²) in [5.41, 5.74) is 3.00. The SMILES string of the molecule is COC(=O)c1c(C)[nH]c(C(=O)C(C)Nc2ccccc2)c1C. The van der Waals surface area contributed by atoms with Crippen molar-refractivity contribution in [2.24, 2.45) is 0 Å². The number of benzene rings is 1. The molecule has 1 aromatic heterocycles. The average Bonchev–Trinajstić information content (AvgIpc) is 2.81. The molecule has 1 unspecified atom stereocenters. The summed E-state index contributed by atoms with van der Waals surface area (Å²) < 4.78 is 4.76. The van der Waals surface area contributed by atoms with Gasteiger partial charge in [-0.15, -0.1) is 0 Å². The Morgan fingerprint density at radius 1 is 1.18 bits per heavy atom. The predicted molar refractivity (Wildman–Crippen MR) is 85.5 cm³/mol. The smallest absolute Gasteiger partial charge is 0.339 e. The molecule has 5 nitrogen and oxygen atoms in total. The van der Waals surface area contributed by atoms with Crippen molar-refractivity contribution in [1.29, 1.82) is 0 Å². The van der Waals surface area contributed by atoms with Crippen molar-refractivity contribution in [1.82, 2.24) is 4.98 Å². The number of carbonyl (C=O) groups is 2. The molecule has 116 valence electrons. The molecular formula is C17H20N2O3. The van der Waals surface area contributed by atoms with Gasteiger partial charge in [0.05, 0.1) is 24.4 Å². The molecule has 5 heteroatoms. The van der Waals surface area contributed by atoms with Gasteiger partial charge in [-0.1, -0.05) is 18.2 Å². The minimum absolute atomic E-state index is 0.0976. The van der Waals surface area contributed by atoms with Crippen LogP contribution < -0.4 is 5.32 Å². The molecule has 0 fully saturated rings. The summed E-state index contributed by atoms with van der Waals surface area (Å²) in [6.07, 6.45) is 0. The van der Waals surface area contributed by atoms with E-state index < -0.39 is 12.0 Å². The molecule has 2 aromatic rings. The van der Waals surface area contributed by atoms with E-state index in [0.717, 1.165) is 5.69 Å². The molecule has 0 radical (unpaired) electrons. The number of hydrogen-bond donors (Lipinski definition) is 2. The fraction of sp³-hybridized carbons (Fsp3) is 0.294. The average molecular weight is 300 g/mol. The van der Waals surface area contributed by atoms with E-state index in [4.69, 9.17) is 4.74 Å². The molecule has 2 N–H and O–H groups in total. The fourth-order valence-electron chi connectivity index (χ4n) is 2.47. The zero-order chi connectivity index (χ0) is 16.3. The molecular weight excluding hydrogens is 280 g/mol. The van der Waals surface area contributed by atoms with Crippen molar-refractivity contribution in [3.63, 3.8) is 0 Å². The van der Waals surface area contributed by atoms with Gasteiger partial charge in [-0.25, -0.2) is 4.79 Å². The van der Waals surface area contributed by atoms with Crippen molar-refractivity contribution in [2.45, 2.75) is 26.8 Å². The second-order valence-corrected chi connectivity index (χ2v) is 5.21. The Bertz CT molecular complexity index is 689. The lowest BCUT2D eigenvalue weighted by molar-refractivity contribution is 0.0599. The lowest BCUT2D eigenvalue weighted by Gasteiger charge is -2.14. The number of para-hydroxylation sites is 1. The number of aromatic nitrogens is 1. The second-order valence-electron chi connectivity index (χ2n) is 5.21. The van der Waals surface area contributed by atoms with Crippen LogP contribution in [0.5, 0.6) is 0 Å². The molecule has 1 aromatic carbocycles. The molecule has 0 aliphatic carbocycles. The largest absolute Gasteiger partial charge is 0.465 e. The maximum Gasteiger partial charge on any atom is 0.339 e. The van der Waals surface area contributed by atoms with Crippen molar-refractivity contribution < 1.29 is 14.3 Å². The van der Waals surface area contributed by atoms with Gasteiger partial charge < -0.3 is 15.0 Å². The zero-order valence-corrected chi connectivity index (χ0v) is 13.2. The number of aryl methyl sites for hydroxylation is 1. The minimum Gasteiger partial charge on any atom is -0.465 e. The number of H-pyrrole nitrogens is 1. The summed E-state index contributed by atoms with van der Waals surface area (Å²) in [4.78, 5) is 27.4. The van der Waals surface area contributed by atoms with E-state index in [2.05, 4.69) is 10.3 Å². The maximum atomic E-state index is 12.6. The zero-order valence-electron chi connectivity index (χ0n) is 13.2. The van der Waals surface area contributed by atoms with Crippen LogP contribution in [0.1, 0.15) is 39.0 Å². The highest BCUT2D eigenvalue weighted by Gasteiger charge is 2.25. The quantitative estimate of drug-likeness (QED) is 0.657. The lowest BCUT2D eigenvalue weighted by Crippen LogP contribution is -2.27. The number of ether oxygens (including phenoxy) is 1. The molecule has 0 amide bonds. The fourth-order valence-corrected chi connectivity index (χ4v) is 2.47. The Balaban J connectivity index is 2.24. The second kappa shape index (κ2) is 6.47. The van der Waals surface area contributed by atoms with E-state index in [1.807, 2.05) is 30.3 Å². The van der Waals surface area contributed by atoms with Crippen LogP contribution in [0.2, 0.25) is 0 Å². The van der Waals surface area contributed by atoms with Crippen LogP contribution in [-0.4, -0.2) is 29.9 Å². The van der Waals surface area contributed by atoms with Gasteiger partial charge in [-0.3, -0.25) is 4.79 Å². The normalized spacial score (nSPS) is 11.8. The molecule has 0 spiro atoms. The van der Waals surface area contributed by atoms with Crippen molar-refractivity contribution in [3.8, 4) is 0 Å². The number of ketones is 1. The molecule has 0 saturated carbocycles. The first kappa shape index (κ1) is 15.8. The minimum atomic E-state index is -0.436. The van der Waals surface area contributed by atoms with E-state index >= 15 is 0 Å². The predicted octanol–water partition coefficient (Wildman–Crippen LogP) is 3.10. The molecule has 0 saturated heterocycles. The third-order valence-corrected chi connectivity index (χ3v) is 3.62. The van der Waals surface area contributed by atoms with Gasteiger partial charge in [0.1, 0.15) is 0 Å². The molecule has 2 rings (SSSR count). The Labute approximate surface area is 129 Å². The molecule has 22 heavy (non-hydrogen) atoms. The van der Waals surface area contributed by atoms with Gasteiger partial charge in [0.2, 0.25) is 5.78 Å². The summed E-state index contributed by atoms with van der Waals surface area (Å²) in [5, 5.41) is 3.15. The standard InChI is InChI=1S/C17H20N2O3/c1-10-14(17(21)22-4)11(2)19-15(10)16(20)12(3)18-13-8-6-5-7-9-13/h5-9,12,18-19H,1-4H3. The third kappa shape index (κ3) is 3.03.